The Hall–Kier alpha value is -0.340. The zero-order valence-electron chi connectivity index (χ0n) is 9.04. The number of hydrogen-bond donors (Lipinski definition) is 1. The Kier molecular flexibility index (Phi) is 3.60. The van der Waals surface area contributed by atoms with Crippen LogP contribution in [0.15, 0.2) is 11.6 Å². The molecule has 2 rings (SSSR count). The summed E-state index contributed by atoms with van der Waals surface area (Å²) in [5.41, 5.74) is 7.74. The van der Waals surface area contributed by atoms with Crippen molar-refractivity contribution in [2.45, 2.75) is 44.6 Å². The van der Waals surface area contributed by atoms with Crippen LogP contribution in [-0.4, -0.2) is 30.6 Å². The summed E-state index contributed by atoms with van der Waals surface area (Å²) in [5, 5.41) is 0. The van der Waals surface area contributed by atoms with Gasteiger partial charge in [-0.05, 0) is 51.6 Å². The maximum atomic E-state index is 6.22. The van der Waals surface area contributed by atoms with E-state index in [9.17, 15) is 0 Å². The van der Waals surface area contributed by atoms with Crippen LogP contribution in [0.5, 0.6) is 0 Å². The predicted octanol–water partition coefficient (Wildman–Crippen LogP) is 1.91. The van der Waals surface area contributed by atoms with Gasteiger partial charge in [-0.15, -0.1) is 0 Å². The lowest BCUT2D eigenvalue weighted by Gasteiger charge is -2.24. The first-order valence-corrected chi connectivity index (χ1v) is 6.03. The lowest BCUT2D eigenvalue weighted by atomic mass is 9.94. The molecule has 1 atom stereocenters. The van der Waals surface area contributed by atoms with Gasteiger partial charge in [0, 0.05) is 12.6 Å². The molecule has 1 aliphatic heterocycles. The van der Waals surface area contributed by atoms with Crippen LogP contribution in [0.1, 0.15) is 38.5 Å². The summed E-state index contributed by atoms with van der Waals surface area (Å²) in [6.07, 6.45) is 10.3. The molecule has 14 heavy (non-hydrogen) atoms. The number of nitrogens with zero attached hydrogens (tertiary/aromatic N) is 1. The molecule has 0 saturated carbocycles. The lowest BCUT2D eigenvalue weighted by Crippen LogP contribution is -2.37. The second-order valence-electron chi connectivity index (χ2n) is 4.64. The van der Waals surface area contributed by atoms with E-state index in [2.05, 4.69) is 11.0 Å². The van der Waals surface area contributed by atoms with Crippen molar-refractivity contribution >= 4 is 0 Å². The fraction of sp³-hybridized carbons (Fsp3) is 0.833. The van der Waals surface area contributed by atoms with Gasteiger partial charge < -0.3 is 10.6 Å². The minimum Gasteiger partial charge on any atom is -0.323 e. The van der Waals surface area contributed by atoms with Crippen molar-refractivity contribution in [3.05, 3.63) is 11.6 Å². The first-order chi connectivity index (χ1) is 6.86. The zero-order chi connectivity index (χ0) is 9.80. The number of hydrogen-bond acceptors (Lipinski definition) is 2. The van der Waals surface area contributed by atoms with Gasteiger partial charge in [-0.3, -0.25) is 0 Å². The smallest absolute Gasteiger partial charge is 0.0383 e. The third kappa shape index (κ3) is 2.58. The fourth-order valence-corrected chi connectivity index (χ4v) is 2.56. The number of rotatable bonds is 3. The molecule has 1 aliphatic carbocycles. The predicted molar refractivity (Wildman–Crippen MR) is 60.2 cm³/mol. The van der Waals surface area contributed by atoms with Gasteiger partial charge in [0.25, 0.3) is 0 Å². The molecule has 1 unspecified atom stereocenters. The zero-order valence-corrected chi connectivity index (χ0v) is 9.04. The summed E-state index contributed by atoms with van der Waals surface area (Å²) >= 11 is 0. The minimum absolute atomic E-state index is 0.313. The highest BCUT2D eigenvalue weighted by Crippen LogP contribution is 2.20. The summed E-state index contributed by atoms with van der Waals surface area (Å²) in [7, 11) is 0. The molecule has 0 radical (unpaired) electrons. The Bertz CT molecular complexity index is 204. The van der Waals surface area contributed by atoms with Crippen LogP contribution in [0.2, 0.25) is 0 Å². The first-order valence-electron chi connectivity index (χ1n) is 6.03. The molecule has 1 heterocycles. The standard InChI is InChI=1S/C12H22N2/c13-12(10-14-8-4-5-9-14)11-6-2-1-3-7-11/h6,12H,1-5,7-10,13H2. The summed E-state index contributed by atoms with van der Waals surface area (Å²) in [6.45, 7) is 3.62. The Morgan fingerprint density at radius 1 is 1.21 bits per heavy atom. The Balaban J connectivity index is 1.81. The molecule has 1 saturated heterocycles. The molecule has 1 fully saturated rings. The van der Waals surface area contributed by atoms with Crippen molar-refractivity contribution in [2.75, 3.05) is 19.6 Å². The van der Waals surface area contributed by atoms with Crippen molar-refractivity contribution < 1.29 is 0 Å². The van der Waals surface area contributed by atoms with Crippen molar-refractivity contribution in [1.29, 1.82) is 0 Å². The molecule has 0 aromatic carbocycles. The largest absolute Gasteiger partial charge is 0.323 e. The molecule has 0 amide bonds. The molecule has 0 aromatic heterocycles. The minimum atomic E-state index is 0.313. The number of allylic oxidation sites excluding steroid dienone is 1. The van der Waals surface area contributed by atoms with Gasteiger partial charge in [0.15, 0.2) is 0 Å². The molecule has 2 N–H and O–H groups in total. The normalized spacial score (nSPS) is 26.2. The Labute approximate surface area is 87.2 Å². The Morgan fingerprint density at radius 3 is 2.64 bits per heavy atom. The van der Waals surface area contributed by atoms with Gasteiger partial charge in [-0.1, -0.05) is 11.6 Å². The van der Waals surface area contributed by atoms with Crippen LogP contribution < -0.4 is 5.73 Å². The van der Waals surface area contributed by atoms with Crippen molar-refractivity contribution in [3.63, 3.8) is 0 Å². The maximum Gasteiger partial charge on any atom is 0.0383 e. The molecule has 2 heteroatoms. The van der Waals surface area contributed by atoms with Crippen molar-refractivity contribution in [1.82, 2.24) is 4.90 Å². The van der Waals surface area contributed by atoms with Crippen LogP contribution in [0.25, 0.3) is 0 Å². The second kappa shape index (κ2) is 4.94. The van der Waals surface area contributed by atoms with Gasteiger partial charge in [0.2, 0.25) is 0 Å². The van der Waals surface area contributed by atoms with Crippen LogP contribution in [0.4, 0.5) is 0 Å². The van der Waals surface area contributed by atoms with Crippen molar-refractivity contribution in [2.24, 2.45) is 5.73 Å². The molecular weight excluding hydrogens is 172 g/mol. The molecule has 0 aromatic rings. The van der Waals surface area contributed by atoms with Crippen LogP contribution >= 0.6 is 0 Å². The van der Waals surface area contributed by atoms with Crippen molar-refractivity contribution in [3.8, 4) is 0 Å². The summed E-state index contributed by atoms with van der Waals surface area (Å²) in [4.78, 5) is 2.51. The maximum absolute atomic E-state index is 6.22. The monoisotopic (exact) mass is 194 g/mol. The summed E-state index contributed by atoms with van der Waals surface area (Å²) in [5.74, 6) is 0. The van der Waals surface area contributed by atoms with E-state index in [1.165, 1.54) is 57.2 Å². The highest BCUT2D eigenvalue weighted by Gasteiger charge is 2.18. The van der Waals surface area contributed by atoms with E-state index in [0.29, 0.717) is 6.04 Å². The van der Waals surface area contributed by atoms with Crippen LogP contribution in [0.3, 0.4) is 0 Å². The lowest BCUT2D eigenvalue weighted by molar-refractivity contribution is 0.322. The Morgan fingerprint density at radius 2 is 2.00 bits per heavy atom. The van der Waals surface area contributed by atoms with Gasteiger partial charge >= 0.3 is 0 Å². The van der Waals surface area contributed by atoms with E-state index in [4.69, 9.17) is 5.73 Å². The van der Waals surface area contributed by atoms with Crippen LogP contribution in [-0.2, 0) is 0 Å². The molecule has 0 spiro atoms. The topological polar surface area (TPSA) is 29.3 Å². The SMILES string of the molecule is NC(CN1CCCC1)C1=CCCCC1. The molecule has 2 nitrogen and oxygen atoms in total. The van der Waals surface area contributed by atoms with E-state index in [-0.39, 0.29) is 0 Å². The number of likely N-dealkylation sites (tertiary alicyclic amines) is 1. The van der Waals surface area contributed by atoms with E-state index >= 15 is 0 Å². The van der Waals surface area contributed by atoms with Gasteiger partial charge in [0.05, 0.1) is 0 Å². The summed E-state index contributed by atoms with van der Waals surface area (Å²) in [6, 6.07) is 0.313. The van der Waals surface area contributed by atoms with Crippen LogP contribution in [0, 0.1) is 0 Å². The molecule has 80 valence electrons. The van der Waals surface area contributed by atoms with E-state index in [1.807, 2.05) is 0 Å². The van der Waals surface area contributed by atoms with E-state index in [1.54, 1.807) is 0 Å². The highest BCUT2D eigenvalue weighted by molar-refractivity contribution is 5.13. The fourth-order valence-electron chi connectivity index (χ4n) is 2.56. The summed E-state index contributed by atoms with van der Waals surface area (Å²) < 4.78 is 0. The molecule has 0 bridgehead atoms. The third-order valence-electron chi connectivity index (χ3n) is 3.46. The molecular formula is C12H22N2. The van der Waals surface area contributed by atoms with E-state index < -0.39 is 0 Å². The average molecular weight is 194 g/mol. The quantitative estimate of drug-likeness (QED) is 0.695. The average Bonchev–Trinajstić information content (AvgIpc) is 2.72. The first kappa shape index (κ1) is 10.2. The van der Waals surface area contributed by atoms with Gasteiger partial charge in [-0.2, -0.15) is 0 Å². The second-order valence-corrected chi connectivity index (χ2v) is 4.64. The van der Waals surface area contributed by atoms with E-state index in [0.717, 1.165) is 6.54 Å². The van der Waals surface area contributed by atoms with Gasteiger partial charge in [0.1, 0.15) is 0 Å². The number of nitrogens with two attached hydrogens (primary N) is 1. The molecule has 2 aliphatic rings. The highest BCUT2D eigenvalue weighted by atomic mass is 15.1. The third-order valence-corrected chi connectivity index (χ3v) is 3.46. The van der Waals surface area contributed by atoms with Gasteiger partial charge in [-0.25, -0.2) is 0 Å².